The molecular weight excluding hydrogens is 274 g/mol. The van der Waals surface area contributed by atoms with Gasteiger partial charge < -0.3 is 15.2 Å². The lowest BCUT2D eigenvalue weighted by Gasteiger charge is -2.28. The van der Waals surface area contributed by atoms with E-state index in [1.165, 1.54) is 6.07 Å². The van der Waals surface area contributed by atoms with Gasteiger partial charge in [0, 0.05) is 39.4 Å². The Balaban J connectivity index is 2.92. The van der Waals surface area contributed by atoms with Crippen LogP contribution in [0.2, 0.25) is 0 Å². The van der Waals surface area contributed by atoms with Crippen LogP contribution in [0.5, 0.6) is 0 Å². The van der Waals surface area contributed by atoms with E-state index in [1.54, 1.807) is 20.3 Å². The molecule has 0 saturated carbocycles. The number of ether oxygens (including phenoxy) is 2. The molecule has 0 heterocycles. The first-order valence-corrected chi connectivity index (χ1v) is 6.75. The molecular formula is C14H23N3O4. The Morgan fingerprint density at radius 1 is 1.38 bits per heavy atom. The number of rotatable bonds is 9. The normalized spacial score (nSPS) is 12.6. The molecule has 0 spiro atoms. The zero-order chi connectivity index (χ0) is 15.8. The van der Waals surface area contributed by atoms with Crippen LogP contribution in [0.1, 0.15) is 12.5 Å². The van der Waals surface area contributed by atoms with Gasteiger partial charge in [-0.05, 0) is 12.5 Å². The highest BCUT2D eigenvalue weighted by Gasteiger charge is 2.19. The monoisotopic (exact) mass is 297 g/mol. The van der Waals surface area contributed by atoms with Crippen LogP contribution >= 0.6 is 0 Å². The van der Waals surface area contributed by atoms with Crippen LogP contribution in [-0.2, 0) is 16.0 Å². The molecule has 0 aromatic heterocycles. The molecule has 0 bridgehead atoms. The zero-order valence-corrected chi connectivity index (χ0v) is 12.7. The molecule has 1 aromatic rings. The summed E-state index contributed by atoms with van der Waals surface area (Å²) in [5.41, 5.74) is 6.80. The van der Waals surface area contributed by atoms with Crippen molar-refractivity contribution in [2.75, 3.05) is 39.7 Å². The van der Waals surface area contributed by atoms with Gasteiger partial charge in [-0.3, -0.25) is 15.0 Å². The summed E-state index contributed by atoms with van der Waals surface area (Å²) in [5, 5.41) is 10.9. The van der Waals surface area contributed by atoms with Gasteiger partial charge in [-0.2, -0.15) is 0 Å². The van der Waals surface area contributed by atoms with E-state index in [1.807, 2.05) is 13.0 Å². The molecule has 0 aliphatic carbocycles. The predicted octanol–water partition coefficient (Wildman–Crippen LogP) is 1.66. The summed E-state index contributed by atoms with van der Waals surface area (Å²) in [6.07, 6.45) is 0. The zero-order valence-electron chi connectivity index (χ0n) is 12.7. The van der Waals surface area contributed by atoms with Crippen LogP contribution < -0.4 is 5.73 Å². The molecule has 0 radical (unpaired) electrons. The number of nitrogens with zero attached hydrogens (tertiary/aromatic N) is 2. The summed E-state index contributed by atoms with van der Waals surface area (Å²) in [7, 11) is 3.29. The molecule has 0 saturated heterocycles. The Hall–Kier alpha value is -1.70. The van der Waals surface area contributed by atoms with E-state index >= 15 is 0 Å². The predicted molar refractivity (Wildman–Crippen MR) is 81.1 cm³/mol. The quantitative estimate of drug-likeness (QED) is 0.423. The molecule has 1 rings (SSSR count). The molecule has 1 aromatic carbocycles. The minimum Gasteiger partial charge on any atom is -0.393 e. The second-order valence-electron chi connectivity index (χ2n) is 4.87. The van der Waals surface area contributed by atoms with Gasteiger partial charge in [0.25, 0.3) is 5.69 Å². The highest BCUT2D eigenvalue weighted by atomic mass is 16.6. The van der Waals surface area contributed by atoms with Crippen molar-refractivity contribution in [2.45, 2.75) is 19.5 Å². The Morgan fingerprint density at radius 2 is 2.10 bits per heavy atom. The number of hydrogen-bond acceptors (Lipinski definition) is 6. The van der Waals surface area contributed by atoms with E-state index in [0.29, 0.717) is 26.3 Å². The average Bonchev–Trinajstić information content (AvgIpc) is 2.44. The number of hydrogen-bond donors (Lipinski definition) is 1. The largest absolute Gasteiger partial charge is 0.393 e. The lowest BCUT2D eigenvalue weighted by atomic mass is 10.1. The molecule has 1 unspecified atom stereocenters. The van der Waals surface area contributed by atoms with Crippen molar-refractivity contribution in [3.05, 3.63) is 33.9 Å². The molecule has 0 fully saturated rings. The van der Waals surface area contributed by atoms with Gasteiger partial charge in [-0.15, -0.1) is 0 Å². The first kappa shape index (κ1) is 17.4. The first-order valence-electron chi connectivity index (χ1n) is 6.75. The average molecular weight is 297 g/mol. The van der Waals surface area contributed by atoms with Crippen molar-refractivity contribution in [1.82, 2.24) is 4.90 Å². The van der Waals surface area contributed by atoms with E-state index in [4.69, 9.17) is 15.2 Å². The Labute approximate surface area is 124 Å². The Kier molecular flexibility index (Phi) is 7.07. The van der Waals surface area contributed by atoms with Crippen molar-refractivity contribution in [3.63, 3.8) is 0 Å². The second kappa shape index (κ2) is 8.56. The fraction of sp³-hybridized carbons (Fsp3) is 0.571. The third-order valence-corrected chi connectivity index (χ3v) is 3.36. The summed E-state index contributed by atoms with van der Waals surface area (Å²) in [6.45, 7) is 4.39. The highest BCUT2D eigenvalue weighted by Crippen LogP contribution is 2.26. The van der Waals surface area contributed by atoms with Gasteiger partial charge >= 0.3 is 0 Å². The number of nitrogen functional groups attached to an aromatic ring is 1. The van der Waals surface area contributed by atoms with Crippen molar-refractivity contribution < 1.29 is 14.4 Å². The Bertz CT molecular complexity index is 468. The van der Waals surface area contributed by atoms with E-state index in [2.05, 4.69) is 4.90 Å². The first-order chi connectivity index (χ1) is 10.0. The smallest absolute Gasteiger partial charge is 0.292 e. The van der Waals surface area contributed by atoms with Gasteiger partial charge in [0.2, 0.25) is 0 Å². The maximum Gasteiger partial charge on any atom is 0.292 e. The Morgan fingerprint density at radius 3 is 2.67 bits per heavy atom. The van der Waals surface area contributed by atoms with E-state index in [0.717, 1.165) is 5.56 Å². The number of benzene rings is 1. The van der Waals surface area contributed by atoms with Crippen LogP contribution in [0.3, 0.4) is 0 Å². The number of nitro groups is 1. The molecule has 118 valence electrons. The SMILES string of the molecule is COCCN(Cc1cccc([N+](=O)[O-])c1N)C(C)COC. The third-order valence-electron chi connectivity index (χ3n) is 3.36. The van der Waals surface area contributed by atoms with Crippen LogP contribution in [0.4, 0.5) is 11.4 Å². The molecule has 7 heteroatoms. The summed E-state index contributed by atoms with van der Waals surface area (Å²) < 4.78 is 10.3. The maximum atomic E-state index is 10.9. The summed E-state index contributed by atoms with van der Waals surface area (Å²) in [5.74, 6) is 0. The maximum absolute atomic E-state index is 10.9. The summed E-state index contributed by atoms with van der Waals surface area (Å²) >= 11 is 0. The standard InChI is InChI=1S/C14H23N3O4/c1-11(10-21-3)16(7-8-20-2)9-12-5-4-6-13(14(12)15)17(18)19/h4-6,11H,7-10,15H2,1-3H3. The minimum atomic E-state index is -0.461. The van der Waals surface area contributed by atoms with Crippen LogP contribution in [0, 0.1) is 10.1 Å². The lowest BCUT2D eigenvalue weighted by Crippen LogP contribution is -2.38. The topological polar surface area (TPSA) is 90.9 Å². The van der Waals surface area contributed by atoms with Crippen LogP contribution in [0.25, 0.3) is 0 Å². The molecule has 2 N–H and O–H groups in total. The number of nitrogens with two attached hydrogens (primary N) is 1. The number of methoxy groups -OCH3 is 2. The van der Waals surface area contributed by atoms with Crippen molar-refractivity contribution in [3.8, 4) is 0 Å². The molecule has 7 nitrogen and oxygen atoms in total. The number of anilines is 1. The van der Waals surface area contributed by atoms with Crippen molar-refractivity contribution in [2.24, 2.45) is 0 Å². The van der Waals surface area contributed by atoms with E-state index in [-0.39, 0.29) is 17.4 Å². The number of nitro benzene ring substituents is 1. The van der Waals surface area contributed by atoms with Crippen molar-refractivity contribution >= 4 is 11.4 Å². The molecule has 0 aliphatic rings. The van der Waals surface area contributed by atoms with Gasteiger partial charge in [0.15, 0.2) is 0 Å². The molecule has 1 atom stereocenters. The summed E-state index contributed by atoms with van der Waals surface area (Å²) in [4.78, 5) is 12.6. The number of para-hydroxylation sites is 1. The van der Waals surface area contributed by atoms with E-state index in [9.17, 15) is 10.1 Å². The van der Waals surface area contributed by atoms with Crippen LogP contribution in [0.15, 0.2) is 18.2 Å². The van der Waals surface area contributed by atoms with E-state index < -0.39 is 4.92 Å². The van der Waals surface area contributed by atoms with Gasteiger partial charge in [0.05, 0.1) is 18.1 Å². The second-order valence-corrected chi connectivity index (χ2v) is 4.87. The van der Waals surface area contributed by atoms with Crippen molar-refractivity contribution in [1.29, 1.82) is 0 Å². The lowest BCUT2D eigenvalue weighted by molar-refractivity contribution is -0.384. The highest BCUT2D eigenvalue weighted by molar-refractivity contribution is 5.62. The minimum absolute atomic E-state index is 0.0569. The third kappa shape index (κ3) is 4.96. The molecule has 21 heavy (non-hydrogen) atoms. The fourth-order valence-electron chi connectivity index (χ4n) is 2.13. The van der Waals surface area contributed by atoms with Crippen LogP contribution in [-0.4, -0.2) is 49.8 Å². The van der Waals surface area contributed by atoms with Gasteiger partial charge in [-0.25, -0.2) is 0 Å². The summed E-state index contributed by atoms with van der Waals surface area (Å²) in [6, 6.07) is 5.03. The van der Waals surface area contributed by atoms with Gasteiger partial charge in [0.1, 0.15) is 5.69 Å². The molecule has 0 amide bonds. The molecule has 0 aliphatic heterocycles. The van der Waals surface area contributed by atoms with Gasteiger partial charge in [-0.1, -0.05) is 12.1 Å². The fourth-order valence-corrected chi connectivity index (χ4v) is 2.13.